The number of nitrogens with one attached hydrogen (secondary N) is 1. The van der Waals surface area contributed by atoms with Crippen LogP contribution in [0.1, 0.15) is 19.4 Å². The summed E-state index contributed by atoms with van der Waals surface area (Å²) in [6.45, 7) is 7.51. The minimum absolute atomic E-state index is 0.00347. The molecule has 0 bridgehead atoms. The number of nitro benzene ring substituents is 1. The average molecular weight is 267 g/mol. The standard InChI is InChI=1S/C13H18FN3O2/c1-13(2)9-15-5-6-16(13)8-10-3-4-12(17(18)19)11(14)7-10/h3-4,7,15H,5-6,8-9H2,1-2H3. The van der Waals surface area contributed by atoms with E-state index in [1.807, 2.05) is 0 Å². The first-order valence-corrected chi connectivity index (χ1v) is 6.29. The summed E-state index contributed by atoms with van der Waals surface area (Å²) in [5.41, 5.74) is 0.289. The van der Waals surface area contributed by atoms with E-state index in [0.717, 1.165) is 25.2 Å². The highest BCUT2D eigenvalue weighted by Crippen LogP contribution is 2.22. The highest BCUT2D eigenvalue weighted by Gasteiger charge is 2.29. The Bertz CT molecular complexity index is 491. The molecule has 0 saturated carbocycles. The fourth-order valence-electron chi connectivity index (χ4n) is 2.33. The predicted octanol–water partition coefficient (Wildman–Crippen LogP) is 1.92. The van der Waals surface area contributed by atoms with Crippen molar-refractivity contribution >= 4 is 5.69 Å². The molecular weight excluding hydrogens is 249 g/mol. The van der Waals surface area contributed by atoms with E-state index in [-0.39, 0.29) is 5.54 Å². The lowest BCUT2D eigenvalue weighted by atomic mass is 9.99. The number of halogens is 1. The van der Waals surface area contributed by atoms with Gasteiger partial charge >= 0.3 is 5.69 Å². The van der Waals surface area contributed by atoms with E-state index in [9.17, 15) is 14.5 Å². The number of nitrogens with zero attached hydrogens (tertiary/aromatic N) is 2. The lowest BCUT2D eigenvalue weighted by Gasteiger charge is -2.42. The van der Waals surface area contributed by atoms with Crippen LogP contribution in [0.4, 0.5) is 10.1 Å². The van der Waals surface area contributed by atoms with Crippen LogP contribution < -0.4 is 5.32 Å². The van der Waals surface area contributed by atoms with E-state index in [0.29, 0.717) is 6.54 Å². The van der Waals surface area contributed by atoms with Crippen LogP contribution in [0.2, 0.25) is 0 Å². The maximum atomic E-state index is 13.6. The smallest absolute Gasteiger partial charge is 0.304 e. The van der Waals surface area contributed by atoms with Gasteiger partial charge in [0.2, 0.25) is 5.82 Å². The summed E-state index contributed by atoms with van der Waals surface area (Å²) in [6.07, 6.45) is 0. The molecule has 1 aliphatic heterocycles. The zero-order chi connectivity index (χ0) is 14.0. The molecule has 0 aromatic heterocycles. The van der Waals surface area contributed by atoms with Crippen molar-refractivity contribution in [2.75, 3.05) is 19.6 Å². The molecule has 5 nitrogen and oxygen atoms in total. The van der Waals surface area contributed by atoms with Crippen molar-refractivity contribution in [1.29, 1.82) is 0 Å². The average Bonchev–Trinajstić information content (AvgIpc) is 2.31. The Labute approximate surface area is 111 Å². The molecule has 1 aromatic carbocycles. The molecule has 0 spiro atoms. The number of benzene rings is 1. The third-order valence-electron chi connectivity index (χ3n) is 3.55. The summed E-state index contributed by atoms with van der Waals surface area (Å²) in [5, 5.41) is 13.9. The first-order valence-electron chi connectivity index (χ1n) is 6.29. The quantitative estimate of drug-likeness (QED) is 0.671. The second kappa shape index (κ2) is 5.22. The molecule has 0 aliphatic carbocycles. The van der Waals surface area contributed by atoms with Gasteiger partial charge in [0.1, 0.15) is 0 Å². The summed E-state index contributed by atoms with van der Waals surface area (Å²) >= 11 is 0. The monoisotopic (exact) mass is 267 g/mol. The van der Waals surface area contributed by atoms with Gasteiger partial charge in [0.05, 0.1) is 4.92 Å². The molecule has 1 aromatic rings. The van der Waals surface area contributed by atoms with Crippen molar-refractivity contribution in [1.82, 2.24) is 10.2 Å². The van der Waals surface area contributed by atoms with Crippen LogP contribution in [0, 0.1) is 15.9 Å². The fraction of sp³-hybridized carbons (Fsp3) is 0.538. The molecule has 1 saturated heterocycles. The Morgan fingerprint density at radius 3 is 2.84 bits per heavy atom. The minimum atomic E-state index is -0.768. The van der Waals surface area contributed by atoms with Crippen molar-refractivity contribution in [3.63, 3.8) is 0 Å². The molecule has 6 heteroatoms. The van der Waals surface area contributed by atoms with Gasteiger partial charge in [0.15, 0.2) is 0 Å². The number of piperazine rings is 1. The van der Waals surface area contributed by atoms with Crippen LogP contribution in [0.25, 0.3) is 0 Å². The summed E-state index contributed by atoms with van der Waals surface area (Å²) in [5.74, 6) is -0.768. The molecule has 0 unspecified atom stereocenters. The molecule has 0 atom stereocenters. The Balaban J connectivity index is 2.15. The van der Waals surface area contributed by atoms with E-state index < -0.39 is 16.4 Å². The first-order chi connectivity index (χ1) is 8.90. The number of rotatable bonds is 3. The highest BCUT2D eigenvalue weighted by atomic mass is 19.1. The summed E-state index contributed by atoms with van der Waals surface area (Å²) < 4.78 is 13.6. The van der Waals surface area contributed by atoms with Crippen LogP contribution in [0.3, 0.4) is 0 Å². The SMILES string of the molecule is CC1(C)CNCCN1Cc1ccc([N+](=O)[O-])c(F)c1. The summed E-state index contributed by atoms with van der Waals surface area (Å²) in [4.78, 5) is 12.1. The predicted molar refractivity (Wildman–Crippen MR) is 70.4 cm³/mol. The van der Waals surface area contributed by atoms with Gasteiger partial charge in [-0.05, 0) is 25.5 Å². The van der Waals surface area contributed by atoms with Crippen LogP contribution in [-0.2, 0) is 6.54 Å². The fourth-order valence-corrected chi connectivity index (χ4v) is 2.33. The molecule has 1 fully saturated rings. The molecule has 1 aliphatic rings. The zero-order valence-corrected chi connectivity index (χ0v) is 11.1. The largest absolute Gasteiger partial charge is 0.314 e. The van der Waals surface area contributed by atoms with Crippen LogP contribution in [-0.4, -0.2) is 35.0 Å². The Morgan fingerprint density at radius 1 is 1.53 bits per heavy atom. The van der Waals surface area contributed by atoms with Crippen LogP contribution in [0.15, 0.2) is 18.2 Å². The molecule has 104 valence electrons. The first kappa shape index (κ1) is 13.9. The zero-order valence-electron chi connectivity index (χ0n) is 11.1. The Kier molecular flexibility index (Phi) is 3.82. The Morgan fingerprint density at radius 2 is 2.26 bits per heavy atom. The lowest BCUT2D eigenvalue weighted by Crippen LogP contribution is -2.57. The van der Waals surface area contributed by atoms with E-state index in [1.54, 1.807) is 6.07 Å². The van der Waals surface area contributed by atoms with E-state index >= 15 is 0 Å². The summed E-state index contributed by atoms with van der Waals surface area (Å²) in [6, 6.07) is 4.12. The van der Waals surface area contributed by atoms with Gasteiger partial charge in [-0.1, -0.05) is 6.07 Å². The normalized spacial score (nSPS) is 19.3. The number of nitro groups is 1. The molecule has 1 N–H and O–H groups in total. The molecule has 0 amide bonds. The Hall–Kier alpha value is -1.53. The van der Waals surface area contributed by atoms with E-state index in [1.165, 1.54) is 12.1 Å². The molecule has 2 rings (SSSR count). The number of hydrogen-bond acceptors (Lipinski definition) is 4. The van der Waals surface area contributed by atoms with Gasteiger partial charge in [-0.3, -0.25) is 15.0 Å². The van der Waals surface area contributed by atoms with Crippen molar-refractivity contribution in [3.05, 3.63) is 39.7 Å². The molecule has 19 heavy (non-hydrogen) atoms. The molecule has 1 heterocycles. The van der Waals surface area contributed by atoms with Gasteiger partial charge < -0.3 is 5.32 Å². The van der Waals surface area contributed by atoms with Gasteiger partial charge in [-0.2, -0.15) is 4.39 Å². The van der Waals surface area contributed by atoms with Crippen LogP contribution in [0.5, 0.6) is 0 Å². The van der Waals surface area contributed by atoms with Crippen molar-refractivity contribution in [2.45, 2.75) is 25.9 Å². The van der Waals surface area contributed by atoms with Gasteiger partial charge in [0, 0.05) is 37.8 Å². The molecular formula is C13H18FN3O2. The highest BCUT2D eigenvalue weighted by molar-refractivity contribution is 5.35. The van der Waals surface area contributed by atoms with Crippen molar-refractivity contribution < 1.29 is 9.31 Å². The van der Waals surface area contributed by atoms with Gasteiger partial charge in [-0.25, -0.2) is 0 Å². The third-order valence-corrected chi connectivity index (χ3v) is 3.55. The van der Waals surface area contributed by atoms with Crippen LogP contribution >= 0.6 is 0 Å². The van der Waals surface area contributed by atoms with Gasteiger partial charge in [-0.15, -0.1) is 0 Å². The minimum Gasteiger partial charge on any atom is -0.314 e. The lowest BCUT2D eigenvalue weighted by molar-refractivity contribution is -0.387. The third kappa shape index (κ3) is 3.08. The maximum Gasteiger partial charge on any atom is 0.304 e. The topological polar surface area (TPSA) is 58.4 Å². The molecule has 0 radical (unpaired) electrons. The second-order valence-electron chi connectivity index (χ2n) is 5.45. The second-order valence-corrected chi connectivity index (χ2v) is 5.45. The summed E-state index contributed by atoms with van der Waals surface area (Å²) in [7, 11) is 0. The number of hydrogen-bond donors (Lipinski definition) is 1. The van der Waals surface area contributed by atoms with Gasteiger partial charge in [0.25, 0.3) is 0 Å². The van der Waals surface area contributed by atoms with Crippen molar-refractivity contribution in [2.24, 2.45) is 0 Å². The van der Waals surface area contributed by atoms with Crippen molar-refractivity contribution in [3.8, 4) is 0 Å². The van der Waals surface area contributed by atoms with E-state index in [4.69, 9.17) is 0 Å². The maximum absolute atomic E-state index is 13.6. The van der Waals surface area contributed by atoms with E-state index in [2.05, 4.69) is 24.1 Å².